The second-order valence-electron chi connectivity index (χ2n) is 6.18. The van der Waals surface area contributed by atoms with Gasteiger partial charge >= 0.3 is 6.09 Å². The van der Waals surface area contributed by atoms with Gasteiger partial charge in [-0.05, 0) is 32.6 Å². The first-order chi connectivity index (χ1) is 7.14. The van der Waals surface area contributed by atoms with Crippen molar-refractivity contribution in [1.29, 1.82) is 0 Å². The molecule has 0 aromatic carbocycles. The van der Waals surface area contributed by atoms with Crippen molar-refractivity contribution in [2.75, 3.05) is 6.54 Å². The maximum atomic E-state index is 11.9. The smallest absolute Gasteiger partial charge is 0.410 e. The van der Waals surface area contributed by atoms with Crippen LogP contribution in [0.3, 0.4) is 0 Å². The Kier molecular flexibility index (Phi) is 3.31. The number of aldehydes is 1. The second kappa shape index (κ2) is 4.07. The predicted molar refractivity (Wildman–Crippen MR) is 61.2 cm³/mol. The minimum Gasteiger partial charge on any atom is -0.444 e. The fraction of sp³-hybridized carbons (Fsp3) is 0.833. The highest BCUT2D eigenvalue weighted by Gasteiger charge is 2.41. The molecule has 0 bridgehead atoms. The summed E-state index contributed by atoms with van der Waals surface area (Å²) >= 11 is 0. The zero-order chi connectivity index (χ0) is 12.6. The lowest BCUT2D eigenvalue weighted by Crippen LogP contribution is -2.40. The molecule has 0 aromatic rings. The van der Waals surface area contributed by atoms with E-state index in [2.05, 4.69) is 0 Å². The minimum absolute atomic E-state index is 0.0114. The van der Waals surface area contributed by atoms with Gasteiger partial charge < -0.3 is 9.53 Å². The van der Waals surface area contributed by atoms with Crippen LogP contribution in [-0.2, 0) is 9.53 Å². The summed E-state index contributed by atoms with van der Waals surface area (Å²) in [6.45, 7) is 10.1. The van der Waals surface area contributed by atoms with E-state index in [-0.39, 0.29) is 11.5 Å². The van der Waals surface area contributed by atoms with E-state index in [0.29, 0.717) is 13.0 Å². The van der Waals surface area contributed by atoms with Crippen molar-refractivity contribution in [2.45, 2.75) is 52.7 Å². The molecule has 1 atom stereocenters. The Labute approximate surface area is 96.9 Å². The quantitative estimate of drug-likeness (QED) is 0.645. The lowest BCUT2D eigenvalue weighted by atomic mass is 9.91. The molecule has 1 heterocycles. The van der Waals surface area contributed by atoms with Crippen LogP contribution < -0.4 is 0 Å². The number of carbonyl (C=O) groups excluding carboxylic acids is 2. The number of nitrogens with zero attached hydrogens (tertiary/aromatic N) is 1. The van der Waals surface area contributed by atoms with Crippen molar-refractivity contribution in [3.05, 3.63) is 0 Å². The Morgan fingerprint density at radius 1 is 1.44 bits per heavy atom. The average Bonchev–Trinajstić information content (AvgIpc) is 2.38. The van der Waals surface area contributed by atoms with E-state index in [0.717, 1.165) is 6.29 Å². The van der Waals surface area contributed by atoms with Crippen molar-refractivity contribution in [3.8, 4) is 0 Å². The Hall–Kier alpha value is -1.06. The monoisotopic (exact) mass is 227 g/mol. The van der Waals surface area contributed by atoms with Crippen molar-refractivity contribution < 1.29 is 14.3 Å². The molecule has 0 N–H and O–H groups in total. The summed E-state index contributed by atoms with van der Waals surface area (Å²) in [5.41, 5.74) is -0.528. The molecule has 1 aliphatic heterocycles. The van der Waals surface area contributed by atoms with Crippen LogP contribution in [-0.4, -0.2) is 35.5 Å². The van der Waals surface area contributed by atoms with Gasteiger partial charge in [-0.15, -0.1) is 0 Å². The Morgan fingerprint density at radius 3 is 2.44 bits per heavy atom. The molecule has 1 aliphatic rings. The Morgan fingerprint density at radius 2 is 2.00 bits per heavy atom. The van der Waals surface area contributed by atoms with E-state index in [9.17, 15) is 9.59 Å². The fourth-order valence-electron chi connectivity index (χ4n) is 1.96. The van der Waals surface area contributed by atoms with Gasteiger partial charge in [0.25, 0.3) is 0 Å². The van der Waals surface area contributed by atoms with Crippen molar-refractivity contribution in [1.82, 2.24) is 4.90 Å². The molecule has 0 radical (unpaired) electrons. The average molecular weight is 227 g/mol. The zero-order valence-corrected chi connectivity index (χ0v) is 10.7. The number of carbonyl (C=O) groups is 2. The number of rotatable bonds is 1. The Bertz CT molecular complexity index is 291. The Balaban J connectivity index is 2.72. The fourth-order valence-corrected chi connectivity index (χ4v) is 1.96. The van der Waals surface area contributed by atoms with Crippen LogP contribution in [0.15, 0.2) is 0 Å². The first-order valence-corrected chi connectivity index (χ1v) is 5.59. The van der Waals surface area contributed by atoms with E-state index in [1.54, 1.807) is 0 Å². The normalized spacial score (nSPS) is 24.3. The van der Waals surface area contributed by atoms with Crippen molar-refractivity contribution in [3.63, 3.8) is 0 Å². The molecule has 1 fully saturated rings. The summed E-state index contributed by atoms with van der Waals surface area (Å²) in [7, 11) is 0. The van der Waals surface area contributed by atoms with Gasteiger partial charge in [0.2, 0.25) is 0 Å². The van der Waals surface area contributed by atoms with Crippen LogP contribution in [0.25, 0.3) is 0 Å². The summed E-state index contributed by atoms with van der Waals surface area (Å²) in [6, 6.07) is -0.343. The van der Waals surface area contributed by atoms with Crippen LogP contribution in [0, 0.1) is 5.41 Å². The molecule has 1 amide bonds. The summed E-state index contributed by atoms with van der Waals surface area (Å²) in [6.07, 6.45) is 1.14. The molecule has 92 valence electrons. The maximum Gasteiger partial charge on any atom is 0.410 e. The lowest BCUT2D eigenvalue weighted by molar-refractivity contribution is -0.111. The lowest BCUT2D eigenvalue weighted by Gasteiger charge is -2.26. The first-order valence-electron chi connectivity index (χ1n) is 5.59. The van der Waals surface area contributed by atoms with Crippen LogP contribution in [0.2, 0.25) is 0 Å². The number of likely N-dealkylation sites (tertiary alicyclic amines) is 1. The molecule has 0 saturated carbocycles. The topological polar surface area (TPSA) is 46.6 Å². The van der Waals surface area contributed by atoms with E-state index in [1.807, 2.05) is 34.6 Å². The van der Waals surface area contributed by atoms with Crippen LogP contribution in [0.1, 0.15) is 41.0 Å². The van der Waals surface area contributed by atoms with E-state index >= 15 is 0 Å². The summed E-state index contributed by atoms with van der Waals surface area (Å²) in [5, 5.41) is 0. The molecule has 0 aliphatic carbocycles. The third-order valence-electron chi connectivity index (χ3n) is 2.55. The van der Waals surface area contributed by atoms with Crippen LogP contribution in [0.5, 0.6) is 0 Å². The number of ether oxygens (including phenoxy) is 1. The first kappa shape index (κ1) is 13.0. The highest BCUT2D eigenvalue weighted by Crippen LogP contribution is 2.33. The third-order valence-corrected chi connectivity index (χ3v) is 2.55. The number of amides is 1. The number of hydrogen-bond donors (Lipinski definition) is 0. The van der Waals surface area contributed by atoms with Crippen molar-refractivity contribution >= 4 is 12.4 Å². The molecule has 1 saturated heterocycles. The second-order valence-corrected chi connectivity index (χ2v) is 6.18. The van der Waals surface area contributed by atoms with Gasteiger partial charge in [-0.1, -0.05) is 13.8 Å². The molecule has 4 nitrogen and oxygen atoms in total. The molecule has 1 unspecified atom stereocenters. The molecule has 16 heavy (non-hydrogen) atoms. The summed E-state index contributed by atoms with van der Waals surface area (Å²) in [5.74, 6) is 0. The number of hydrogen-bond acceptors (Lipinski definition) is 3. The van der Waals surface area contributed by atoms with Crippen LogP contribution in [0.4, 0.5) is 4.79 Å². The van der Waals surface area contributed by atoms with Gasteiger partial charge in [-0.3, -0.25) is 4.90 Å². The highest BCUT2D eigenvalue weighted by atomic mass is 16.6. The van der Waals surface area contributed by atoms with Gasteiger partial charge in [0.05, 0.1) is 6.04 Å². The molecular formula is C12H21NO3. The molecule has 4 heteroatoms. The van der Waals surface area contributed by atoms with E-state index in [1.165, 1.54) is 4.90 Å². The minimum atomic E-state index is -0.517. The predicted octanol–water partition coefficient (Wildman–Crippen LogP) is 2.22. The van der Waals surface area contributed by atoms with Gasteiger partial charge in [-0.25, -0.2) is 4.79 Å². The molecule has 0 aromatic heterocycles. The van der Waals surface area contributed by atoms with Gasteiger partial charge in [0, 0.05) is 6.54 Å². The van der Waals surface area contributed by atoms with E-state index < -0.39 is 11.7 Å². The summed E-state index contributed by atoms with van der Waals surface area (Å²) in [4.78, 5) is 24.3. The SMILES string of the molecule is CC1(C)CC(C=O)N(C(=O)OC(C)(C)C)C1. The molecule has 1 rings (SSSR count). The third kappa shape index (κ3) is 3.22. The van der Waals surface area contributed by atoms with Gasteiger partial charge in [0.15, 0.2) is 0 Å². The largest absolute Gasteiger partial charge is 0.444 e. The summed E-state index contributed by atoms with van der Waals surface area (Å²) < 4.78 is 5.28. The molecular weight excluding hydrogens is 206 g/mol. The molecule has 0 spiro atoms. The van der Waals surface area contributed by atoms with Gasteiger partial charge in [-0.2, -0.15) is 0 Å². The zero-order valence-electron chi connectivity index (χ0n) is 10.7. The van der Waals surface area contributed by atoms with Gasteiger partial charge in [0.1, 0.15) is 11.9 Å². The van der Waals surface area contributed by atoms with Crippen molar-refractivity contribution in [2.24, 2.45) is 5.41 Å². The highest BCUT2D eigenvalue weighted by molar-refractivity contribution is 5.74. The van der Waals surface area contributed by atoms with E-state index in [4.69, 9.17) is 4.74 Å². The standard InChI is InChI=1S/C12H21NO3/c1-11(2,3)16-10(15)13-8-12(4,5)6-9(13)7-14/h7,9H,6,8H2,1-5H3. The van der Waals surface area contributed by atoms with Crippen LogP contribution >= 0.6 is 0 Å². The maximum absolute atomic E-state index is 11.9.